The fourth-order valence-electron chi connectivity index (χ4n) is 7.49. The first-order chi connectivity index (χ1) is 13.1. The van der Waals surface area contributed by atoms with Gasteiger partial charge in [-0.15, -0.1) is 11.8 Å². The minimum atomic E-state index is 0.801. The maximum Gasteiger partial charge on any atom is 0.0189 e. The molecule has 0 N–H and O–H groups in total. The van der Waals surface area contributed by atoms with Gasteiger partial charge in [0.25, 0.3) is 0 Å². The van der Waals surface area contributed by atoms with Gasteiger partial charge in [0.05, 0.1) is 0 Å². The molecular weight excluding hydrogens is 344 g/mol. The lowest BCUT2D eigenvalue weighted by Gasteiger charge is -2.33. The number of thioether (sulfide) groups is 1. The predicted octanol–water partition coefficient (Wildman–Crippen LogP) is 7.58. The molecule has 1 aromatic rings. The van der Waals surface area contributed by atoms with Gasteiger partial charge < -0.3 is 0 Å². The minimum Gasteiger partial charge on any atom is -0.129 e. The first kappa shape index (κ1) is 18.3. The summed E-state index contributed by atoms with van der Waals surface area (Å²) in [6, 6.07) is 9.04. The smallest absolute Gasteiger partial charge is 0.0189 e. The first-order valence-corrected chi connectivity index (χ1v) is 12.5. The van der Waals surface area contributed by atoms with Crippen LogP contribution in [-0.4, -0.2) is 5.25 Å². The van der Waals surface area contributed by atoms with Crippen molar-refractivity contribution in [3.05, 3.63) is 40.8 Å². The third kappa shape index (κ3) is 3.13. The van der Waals surface area contributed by atoms with E-state index in [4.69, 9.17) is 0 Å². The molecule has 1 aromatic carbocycles. The number of fused-ring (bicyclic) bond motifs is 2. The molecule has 0 amide bonds. The van der Waals surface area contributed by atoms with Crippen molar-refractivity contribution in [3.8, 4) is 0 Å². The Labute approximate surface area is 170 Å². The Hall–Kier alpha value is -0.690. The molecule has 8 unspecified atom stereocenters. The Balaban J connectivity index is 1.34. The SMILES string of the molecule is Cc1ccccc1C1=CSC2C1CC(C)C2CC1C(C)CC2CCCCC21. The Kier molecular flexibility index (Phi) is 4.95. The molecule has 3 aliphatic carbocycles. The van der Waals surface area contributed by atoms with Crippen LogP contribution in [0.2, 0.25) is 0 Å². The van der Waals surface area contributed by atoms with Crippen molar-refractivity contribution in [1.29, 1.82) is 0 Å². The highest BCUT2D eigenvalue weighted by Gasteiger charge is 2.49. The summed E-state index contributed by atoms with van der Waals surface area (Å²) in [5, 5.41) is 3.39. The van der Waals surface area contributed by atoms with Crippen LogP contribution in [0.25, 0.3) is 5.57 Å². The van der Waals surface area contributed by atoms with Gasteiger partial charge in [-0.05, 0) is 96.1 Å². The van der Waals surface area contributed by atoms with Crippen molar-refractivity contribution in [3.63, 3.8) is 0 Å². The van der Waals surface area contributed by atoms with Gasteiger partial charge in [0, 0.05) is 5.25 Å². The lowest BCUT2D eigenvalue weighted by atomic mass is 9.73. The van der Waals surface area contributed by atoms with Gasteiger partial charge in [0.2, 0.25) is 0 Å². The van der Waals surface area contributed by atoms with Gasteiger partial charge in [-0.25, -0.2) is 0 Å². The van der Waals surface area contributed by atoms with Crippen molar-refractivity contribution >= 4 is 17.3 Å². The van der Waals surface area contributed by atoms with E-state index in [0.29, 0.717) is 0 Å². The topological polar surface area (TPSA) is 0 Å². The second-order valence-electron chi connectivity index (χ2n) is 10.3. The molecule has 0 saturated heterocycles. The van der Waals surface area contributed by atoms with Gasteiger partial charge in [0.1, 0.15) is 0 Å². The van der Waals surface area contributed by atoms with Gasteiger partial charge in [-0.1, -0.05) is 57.4 Å². The van der Waals surface area contributed by atoms with E-state index in [2.05, 4.69) is 62.2 Å². The number of benzene rings is 1. The highest BCUT2D eigenvalue weighted by molar-refractivity contribution is 8.03. The lowest BCUT2D eigenvalue weighted by Crippen LogP contribution is -2.27. The number of rotatable bonds is 3. The normalized spacial score (nSPS) is 43.4. The van der Waals surface area contributed by atoms with E-state index >= 15 is 0 Å². The summed E-state index contributed by atoms with van der Waals surface area (Å²) in [7, 11) is 0. The van der Waals surface area contributed by atoms with Crippen molar-refractivity contribution < 1.29 is 0 Å². The summed E-state index contributed by atoms with van der Waals surface area (Å²) in [5.74, 6) is 6.76. The molecule has 5 rings (SSSR count). The molecule has 1 heteroatoms. The van der Waals surface area contributed by atoms with Crippen LogP contribution in [0.3, 0.4) is 0 Å². The molecule has 0 radical (unpaired) electrons. The zero-order chi connectivity index (χ0) is 18.5. The standard InChI is InChI=1S/C26H36S/c1-16-8-4-6-10-20(16)25-15-27-26-23(18(3)13-24(25)26)14-22-17(2)12-19-9-5-7-11-21(19)22/h4,6,8,10,15,17-19,21-24,26H,5,7,9,11-14H2,1-3H3. The Morgan fingerprint density at radius 3 is 2.59 bits per heavy atom. The summed E-state index contributed by atoms with van der Waals surface area (Å²) >= 11 is 2.19. The third-order valence-electron chi connectivity index (χ3n) is 8.85. The van der Waals surface area contributed by atoms with Gasteiger partial charge >= 0.3 is 0 Å². The fraction of sp³-hybridized carbons (Fsp3) is 0.692. The summed E-state index contributed by atoms with van der Waals surface area (Å²) in [5.41, 5.74) is 4.63. The molecule has 4 aliphatic rings. The van der Waals surface area contributed by atoms with Crippen LogP contribution in [0.5, 0.6) is 0 Å². The zero-order valence-electron chi connectivity index (χ0n) is 17.4. The molecule has 0 nitrogen and oxygen atoms in total. The summed E-state index contributed by atoms with van der Waals surface area (Å²) in [6.07, 6.45) is 10.5. The summed E-state index contributed by atoms with van der Waals surface area (Å²) in [6.45, 7) is 7.43. The van der Waals surface area contributed by atoms with E-state index in [1.54, 1.807) is 5.57 Å². The van der Waals surface area contributed by atoms with Crippen LogP contribution < -0.4 is 0 Å². The number of hydrogen-bond donors (Lipinski definition) is 0. The van der Waals surface area contributed by atoms with Crippen molar-refractivity contribution in [1.82, 2.24) is 0 Å². The van der Waals surface area contributed by atoms with Gasteiger partial charge in [-0.3, -0.25) is 0 Å². The second-order valence-corrected chi connectivity index (χ2v) is 11.3. The maximum absolute atomic E-state index is 2.58. The second kappa shape index (κ2) is 7.29. The molecule has 0 bridgehead atoms. The van der Waals surface area contributed by atoms with Crippen LogP contribution in [0, 0.1) is 48.3 Å². The van der Waals surface area contributed by atoms with Crippen LogP contribution in [0.4, 0.5) is 0 Å². The third-order valence-corrected chi connectivity index (χ3v) is 10.2. The average Bonchev–Trinajstić information content (AvgIpc) is 3.29. The molecular formula is C26H36S. The molecule has 3 saturated carbocycles. The van der Waals surface area contributed by atoms with Gasteiger partial charge in [0.15, 0.2) is 0 Å². The average molecular weight is 381 g/mol. The lowest BCUT2D eigenvalue weighted by molar-refractivity contribution is 0.181. The van der Waals surface area contributed by atoms with E-state index in [1.807, 2.05) is 0 Å². The fourth-order valence-corrected chi connectivity index (χ4v) is 9.12. The summed E-state index contributed by atoms with van der Waals surface area (Å²) < 4.78 is 0. The molecule has 1 aliphatic heterocycles. The van der Waals surface area contributed by atoms with Crippen molar-refractivity contribution in [2.45, 2.75) is 71.0 Å². The Morgan fingerprint density at radius 1 is 0.963 bits per heavy atom. The highest BCUT2D eigenvalue weighted by Crippen LogP contribution is 2.59. The number of hydrogen-bond acceptors (Lipinski definition) is 1. The van der Waals surface area contributed by atoms with Crippen molar-refractivity contribution in [2.75, 3.05) is 0 Å². The van der Waals surface area contributed by atoms with E-state index < -0.39 is 0 Å². The molecule has 0 aromatic heterocycles. The Bertz CT molecular complexity index is 719. The van der Waals surface area contributed by atoms with E-state index in [9.17, 15) is 0 Å². The Morgan fingerprint density at radius 2 is 1.74 bits per heavy atom. The maximum atomic E-state index is 2.58. The molecule has 27 heavy (non-hydrogen) atoms. The van der Waals surface area contributed by atoms with Crippen molar-refractivity contribution in [2.24, 2.45) is 41.4 Å². The monoisotopic (exact) mass is 380 g/mol. The van der Waals surface area contributed by atoms with Crippen LogP contribution >= 0.6 is 11.8 Å². The van der Waals surface area contributed by atoms with Gasteiger partial charge in [-0.2, -0.15) is 0 Å². The first-order valence-electron chi connectivity index (χ1n) is 11.5. The largest absolute Gasteiger partial charge is 0.129 e. The molecule has 0 spiro atoms. The summed E-state index contributed by atoms with van der Waals surface area (Å²) in [4.78, 5) is 0. The quantitative estimate of drug-likeness (QED) is 0.521. The number of aryl methyl sites for hydroxylation is 1. The zero-order valence-corrected chi connectivity index (χ0v) is 18.2. The van der Waals surface area contributed by atoms with Crippen LogP contribution in [0.1, 0.15) is 69.9 Å². The van der Waals surface area contributed by atoms with Crippen LogP contribution in [-0.2, 0) is 0 Å². The molecule has 146 valence electrons. The molecule has 3 fully saturated rings. The molecule has 1 heterocycles. The number of allylic oxidation sites excluding steroid dienone is 1. The van der Waals surface area contributed by atoms with Crippen LogP contribution in [0.15, 0.2) is 29.7 Å². The van der Waals surface area contributed by atoms with E-state index in [-0.39, 0.29) is 0 Å². The van der Waals surface area contributed by atoms with E-state index in [1.165, 1.54) is 56.1 Å². The molecule has 8 atom stereocenters. The predicted molar refractivity (Wildman–Crippen MR) is 119 cm³/mol. The minimum absolute atomic E-state index is 0.801. The highest BCUT2D eigenvalue weighted by atomic mass is 32.2. The van der Waals surface area contributed by atoms with E-state index in [0.717, 1.165) is 46.7 Å².